The highest BCUT2D eigenvalue weighted by molar-refractivity contribution is 5.79. The maximum atomic E-state index is 11.4. The number of Topliss-reactive ketones (excluding diaryl/α,β-unsaturated/α-hetero) is 1. The van der Waals surface area contributed by atoms with Crippen molar-refractivity contribution in [2.45, 2.75) is 71.6 Å². The van der Waals surface area contributed by atoms with E-state index in [-0.39, 0.29) is 5.41 Å². The van der Waals surface area contributed by atoms with Gasteiger partial charge in [0.25, 0.3) is 0 Å². The van der Waals surface area contributed by atoms with Gasteiger partial charge in [-0.05, 0) is 60.3 Å². The molecule has 0 aliphatic heterocycles. The Morgan fingerprint density at radius 2 is 1.47 bits per heavy atom. The predicted molar refractivity (Wildman–Crippen MR) is 80.8 cm³/mol. The third-order valence-electron chi connectivity index (χ3n) is 4.41. The molecule has 0 saturated heterocycles. The van der Waals surface area contributed by atoms with Crippen molar-refractivity contribution < 1.29 is 4.79 Å². The first kappa shape index (κ1) is 14.3. The molecule has 1 fully saturated rings. The largest absolute Gasteiger partial charge is 0.300 e. The summed E-state index contributed by atoms with van der Waals surface area (Å²) in [5.41, 5.74) is 5.93. The Morgan fingerprint density at radius 3 is 1.89 bits per heavy atom. The van der Waals surface area contributed by atoms with Crippen LogP contribution in [0.1, 0.15) is 74.6 Å². The van der Waals surface area contributed by atoms with Crippen LogP contribution in [0.2, 0.25) is 0 Å². The zero-order chi connectivity index (χ0) is 14.2. The van der Waals surface area contributed by atoms with Crippen molar-refractivity contribution in [3.63, 3.8) is 0 Å². The maximum Gasteiger partial charge on any atom is 0.132 e. The molecule has 1 saturated carbocycles. The minimum Gasteiger partial charge on any atom is -0.300 e. The normalized spacial score (nSPS) is 17.8. The lowest BCUT2D eigenvalue weighted by Crippen LogP contribution is -2.16. The molecular formula is C18H26O. The molecule has 0 spiro atoms. The molecule has 0 bridgehead atoms. The molecule has 0 heterocycles. The van der Waals surface area contributed by atoms with Crippen LogP contribution in [0.4, 0.5) is 0 Å². The lowest BCUT2D eigenvalue weighted by Gasteiger charge is -2.28. The molecule has 1 aromatic carbocycles. The molecule has 1 aliphatic rings. The number of benzene rings is 1. The van der Waals surface area contributed by atoms with E-state index in [1.807, 2.05) is 0 Å². The third-order valence-corrected chi connectivity index (χ3v) is 4.41. The molecular weight excluding hydrogens is 232 g/mol. The lowest BCUT2D eigenvalue weighted by molar-refractivity contribution is -0.120. The second-order valence-electron chi connectivity index (χ2n) is 7.09. The molecule has 0 N–H and O–H groups in total. The third kappa shape index (κ3) is 3.08. The van der Waals surface area contributed by atoms with Crippen molar-refractivity contribution in [2.24, 2.45) is 0 Å². The SMILES string of the molecule is Cc1cc(C(C)(C)C)cc(C)c1C1CCC(=O)CC1. The summed E-state index contributed by atoms with van der Waals surface area (Å²) in [7, 11) is 0. The molecule has 0 aromatic heterocycles. The zero-order valence-electron chi connectivity index (χ0n) is 13.0. The maximum absolute atomic E-state index is 11.4. The van der Waals surface area contributed by atoms with E-state index in [0.29, 0.717) is 11.7 Å². The Balaban J connectivity index is 2.34. The molecule has 1 aromatic rings. The van der Waals surface area contributed by atoms with Gasteiger partial charge in [-0.3, -0.25) is 4.79 Å². The second kappa shape index (κ2) is 5.11. The number of carbonyl (C=O) groups excluding carboxylic acids is 1. The average Bonchev–Trinajstić information content (AvgIpc) is 2.29. The standard InChI is InChI=1S/C18H26O/c1-12-10-15(18(3,4)5)11-13(2)17(12)14-6-8-16(19)9-7-14/h10-11,14H,6-9H2,1-5H3. The van der Waals surface area contributed by atoms with Crippen LogP contribution < -0.4 is 0 Å². The summed E-state index contributed by atoms with van der Waals surface area (Å²) in [6.45, 7) is 11.3. The van der Waals surface area contributed by atoms with Crippen LogP contribution in [0.5, 0.6) is 0 Å². The number of rotatable bonds is 1. The van der Waals surface area contributed by atoms with E-state index in [4.69, 9.17) is 0 Å². The molecule has 2 rings (SSSR count). The number of hydrogen-bond donors (Lipinski definition) is 0. The number of hydrogen-bond acceptors (Lipinski definition) is 1. The van der Waals surface area contributed by atoms with Crippen molar-refractivity contribution in [1.29, 1.82) is 0 Å². The predicted octanol–water partition coefficient (Wildman–Crippen LogP) is 4.83. The van der Waals surface area contributed by atoms with Crippen molar-refractivity contribution >= 4 is 5.78 Å². The Hall–Kier alpha value is -1.11. The molecule has 1 nitrogen and oxygen atoms in total. The Bertz CT molecular complexity index is 458. The highest BCUT2D eigenvalue weighted by Crippen LogP contribution is 2.37. The molecule has 19 heavy (non-hydrogen) atoms. The van der Waals surface area contributed by atoms with Crippen LogP contribution in [0.15, 0.2) is 12.1 Å². The van der Waals surface area contributed by atoms with Gasteiger partial charge in [-0.2, -0.15) is 0 Å². The number of aryl methyl sites for hydroxylation is 2. The van der Waals surface area contributed by atoms with Gasteiger partial charge in [-0.1, -0.05) is 32.9 Å². The van der Waals surface area contributed by atoms with Crippen molar-refractivity contribution in [2.75, 3.05) is 0 Å². The molecule has 0 radical (unpaired) electrons. The minimum atomic E-state index is 0.205. The van der Waals surface area contributed by atoms with Gasteiger partial charge in [0, 0.05) is 12.8 Å². The van der Waals surface area contributed by atoms with Crippen molar-refractivity contribution in [3.05, 3.63) is 34.4 Å². The molecule has 1 aliphatic carbocycles. The first-order valence-corrected chi connectivity index (χ1v) is 7.42. The smallest absolute Gasteiger partial charge is 0.132 e. The summed E-state index contributed by atoms with van der Waals surface area (Å²) >= 11 is 0. The summed E-state index contributed by atoms with van der Waals surface area (Å²) < 4.78 is 0. The van der Waals surface area contributed by atoms with E-state index in [9.17, 15) is 4.79 Å². The highest BCUT2D eigenvalue weighted by atomic mass is 16.1. The molecule has 1 heteroatoms. The zero-order valence-corrected chi connectivity index (χ0v) is 13.0. The minimum absolute atomic E-state index is 0.205. The van der Waals surface area contributed by atoms with Gasteiger partial charge < -0.3 is 0 Å². The van der Waals surface area contributed by atoms with Crippen LogP contribution >= 0.6 is 0 Å². The Labute approximate surface area is 117 Å². The first-order chi connectivity index (χ1) is 8.79. The van der Waals surface area contributed by atoms with Gasteiger partial charge in [0.15, 0.2) is 0 Å². The average molecular weight is 258 g/mol. The lowest BCUT2D eigenvalue weighted by atomic mass is 9.77. The summed E-state index contributed by atoms with van der Waals surface area (Å²) in [4.78, 5) is 11.4. The second-order valence-corrected chi connectivity index (χ2v) is 7.09. The van der Waals surface area contributed by atoms with E-state index in [1.54, 1.807) is 0 Å². The van der Waals surface area contributed by atoms with Crippen LogP contribution in [0, 0.1) is 13.8 Å². The summed E-state index contributed by atoms with van der Waals surface area (Å²) in [5, 5.41) is 0. The topological polar surface area (TPSA) is 17.1 Å². The number of carbonyl (C=O) groups is 1. The van der Waals surface area contributed by atoms with Gasteiger partial charge in [-0.25, -0.2) is 0 Å². The molecule has 0 amide bonds. The summed E-state index contributed by atoms with van der Waals surface area (Å²) in [5.74, 6) is 1.03. The van der Waals surface area contributed by atoms with E-state index < -0.39 is 0 Å². The van der Waals surface area contributed by atoms with Crippen molar-refractivity contribution in [1.82, 2.24) is 0 Å². The monoisotopic (exact) mass is 258 g/mol. The quantitative estimate of drug-likeness (QED) is 0.705. The van der Waals surface area contributed by atoms with Crippen LogP contribution in [-0.4, -0.2) is 5.78 Å². The van der Waals surface area contributed by atoms with Gasteiger partial charge in [0.1, 0.15) is 5.78 Å². The fourth-order valence-electron chi connectivity index (χ4n) is 3.28. The number of ketones is 1. The Kier molecular flexibility index (Phi) is 3.85. The first-order valence-electron chi connectivity index (χ1n) is 7.42. The van der Waals surface area contributed by atoms with Crippen molar-refractivity contribution in [3.8, 4) is 0 Å². The molecule has 0 atom stereocenters. The van der Waals surface area contributed by atoms with E-state index in [0.717, 1.165) is 25.7 Å². The van der Waals surface area contributed by atoms with Crippen LogP contribution in [0.25, 0.3) is 0 Å². The summed E-state index contributed by atoms with van der Waals surface area (Å²) in [6, 6.07) is 4.69. The fourth-order valence-corrected chi connectivity index (χ4v) is 3.28. The molecule has 104 valence electrons. The van der Waals surface area contributed by atoms with E-state index in [1.165, 1.54) is 22.3 Å². The summed E-state index contributed by atoms with van der Waals surface area (Å²) in [6.07, 6.45) is 3.61. The van der Waals surface area contributed by atoms with Crippen LogP contribution in [0.3, 0.4) is 0 Å². The van der Waals surface area contributed by atoms with Gasteiger partial charge in [0.2, 0.25) is 0 Å². The van der Waals surface area contributed by atoms with Gasteiger partial charge >= 0.3 is 0 Å². The van der Waals surface area contributed by atoms with Gasteiger partial charge in [-0.15, -0.1) is 0 Å². The van der Waals surface area contributed by atoms with E-state index in [2.05, 4.69) is 46.8 Å². The van der Waals surface area contributed by atoms with Gasteiger partial charge in [0.05, 0.1) is 0 Å². The Morgan fingerprint density at radius 1 is 1.00 bits per heavy atom. The van der Waals surface area contributed by atoms with Crippen LogP contribution in [-0.2, 0) is 10.2 Å². The fraction of sp³-hybridized carbons (Fsp3) is 0.611. The van der Waals surface area contributed by atoms with E-state index >= 15 is 0 Å². The highest BCUT2D eigenvalue weighted by Gasteiger charge is 2.24. The molecule has 0 unspecified atom stereocenters.